The van der Waals surface area contributed by atoms with Crippen LogP contribution in [0.3, 0.4) is 0 Å². The van der Waals surface area contributed by atoms with Crippen LogP contribution in [0.25, 0.3) is 0 Å². The molecule has 1 aliphatic carbocycles. The molecule has 1 N–H and O–H groups in total. The van der Waals surface area contributed by atoms with Crippen LogP contribution < -0.4 is 9.80 Å². The van der Waals surface area contributed by atoms with Crippen molar-refractivity contribution in [3.05, 3.63) is 88.2 Å². The highest BCUT2D eigenvalue weighted by molar-refractivity contribution is 6.30. The molecule has 1 saturated heterocycles. The molecule has 2 fully saturated rings. The third-order valence-electron chi connectivity index (χ3n) is 8.23. The maximum atomic E-state index is 14.7. The molecule has 2 aliphatic heterocycles. The van der Waals surface area contributed by atoms with Crippen molar-refractivity contribution in [3.8, 4) is 0 Å². The second-order valence-corrected chi connectivity index (χ2v) is 10.8. The first-order valence-corrected chi connectivity index (χ1v) is 12.7. The van der Waals surface area contributed by atoms with E-state index in [0.29, 0.717) is 28.4 Å². The van der Waals surface area contributed by atoms with Gasteiger partial charge in [0, 0.05) is 10.4 Å². The third kappa shape index (κ3) is 3.22. The van der Waals surface area contributed by atoms with Crippen molar-refractivity contribution in [2.24, 2.45) is 5.92 Å². The minimum atomic E-state index is -1.20. The van der Waals surface area contributed by atoms with Gasteiger partial charge in [0.1, 0.15) is 12.4 Å². The van der Waals surface area contributed by atoms with E-state index in [9.17, 15) is 23.9 Å². The second-order valence-electron chi connectivity index (χ2n) is 10.3. The summed E-state index contributed by atoms with van der Waals surface area (Å²) in [4.78, 5) is 41.6. The van der Waals surface area contributed by atoms with E-state index in [1.54, 1.807) is 24.3 Å². The second kappa shape index (κ2) is 8.30. The summed E-state index contributed by atoms with van der Waals surface area (Å²) in [5.74, 6) is -1.91. The van der Waals surface area contributed by atoms with E-state index in [-0.39, 0.29) is 36.2 Å². The largest absolute Gasteiger partial charge is 0.478 e. The van der Waals surface area contributed by atoms with E-state index in [1.165, 1.54) is 34.1 Å². The summed E-state index contributed by atoms with van der Waals surface area (Å²) in [5.41, 5.74) is 0.842. The van der Waals surface area contributed by atoms with Crippen molar-refractivity contribution in [1.29, 1.82) is 0 Å². The molecule has 0 radical (unpaired) electrons. The molecule has 3 aromatic carbocycles. The van der Waals surface area contributed by atoms with Gasteiger partial charge in [0.2, 0.25) is 5.91 Å². The zero-order chi connectivity index (χ0) is 27.0. The number of aromatic carboxylic acids is 1. The Hall–Kier alpha value is -3.91. The van der Waals surface area contributed by atoms with E-state index in [4.69, 9.17) is 16.3 Å². The molecule has 0 unspecified atom stereocenters. The van der Waals surface area contributed by atoms with Crippen LogP contribution in [0, 0.1) is 11.7 Å². The fourth-order valence-electron chi connectivity index (χ4n) is 6.45. The quantitative estimate of drug-likeness (QED) is 0.431. The topological polar surface area (TPSA) is 87.2 Å². The van der Waals surface area contributed by atoms with Crippen molar-refractivity contribution in [2.45, 2.75) is 31.1 Å². The molecule has 2 heterocycles. The monoisotopic (exact) mass is 534 g/mol. The molecular weight excluding hydrogens is 511 g/mol. The van der Waals surface area contributed by atoms with Crippen molar-refractivity contribution >= 4 is 46.6 Å². The summed E-state index contributed by atoms with van der Waals surface area (Å²) >= 11 is 6.16. The number of benzene rings is 3. The number of carboxylic acid groups (broad SMARTS) is 1. The average molecular weight is 535 g/mol. The molecule has 2 atom stereocenters. The molecule has 3 aromatic rings. The molecule has 0 aromatic heterocycles. The number of rotatable bonds is 5. The SMILES string of the molecule is CC(C)[C@]1(c2ccc(Cl)cc2)C[C@@]12C(=O)N(c1cc(C(=O)O)cc(N3CCOC3=O)c1)c1ccc(F)cc12. The number of hydrogen-bond acceptors (Lipinski definition) is 4. The zero-order valence-electron chi connectivity index (χ0n) is 20.7. The Morgan fingerprint density at radius 2 is 1.76 bits per heavy atom. The van der Waals surface area contributed by atoms with Crippen LogP contribution in [-0.4, -0.2) is 36.2 Å². The summed E-state index contributed by atoms with van der Waals surface area (Å²) in [7, 11) is 0. The number of cyclic esters (lactones) is 1. The van der Waals surface area contributed by atoms with Crippen LogP contribution in [0.1, 0.15) is 41.8 Å². The number of carbonyl (C=O) groups is 3. The smallest absolute Gasteiger partial charge is 0.414 e. The summed E-state index contributed by atoms with van der Waals surface area (Å²) in [6.45, 7) is 4.52. The average Bonchev–Trinajstić information content (AvgIpc) is 3.33. The van der Waals surface area contributed by atoms with Crippen LogP contribution in [0.5, 0.6) is 0 Å². The van der Waals surface area contributed by atoms with Gasteiger partial charge < -0.3 is 9.84 Å². The molecule has 6 rings (SSSR count). The maximum absolute atomic E-state index is 14.7. The Bertz CT molecular complexity index is 1520. The third-order valence-corrected chi connectivity index (χ3v) is 8.49. The van der Waals surface area contributed by atoms with Gasteiger partial charge in [0.15, 0.2) is 0 Å². The van der Waals surface area contributed by atoms with Gasteiger partial charge in [-0.3, -0.25) is 14.6 Å². The lowest BCUT2D eigenvalue weighted by Gasteiger charge is -2.27. The molecule has 3 aliphatic rings. The summed E-state index contributed by atoms with van der Waals surface area (Å²) in [6, 6.07) is 16.0. The van der Waals surface area contributed by atoms with Crippen LogP contribution >= 0.6 is 11.6 Å². The highest BCUT2D eigenvalue weighted by Crippen LogP contribution is 2.74. The van der Waals surface area contributed by atoms with Gasteiger partial charge in [-0.05, 0) is 72.0 Å². The number of carbonyl (C=O) groups excluding carboxylic acids is 2. The molecule has 194 valence electrons. The summed E-state index contributed by atoms with van der Waals surface area (Å²) in [6.07, 6.45) is -0.122. The number of halogens is 2. The standard InChI is InChI=1S/C29H24ClFN2O5/c1-16(2)28(18-3-5-19(30)6-4-18)15-29(28)23-13-20(31)7-8-24(23)33(26(29)36)22-12-17(25(34)35)11-21(14-22)32-9-10-38-27(32)37/h3-8,11-14,16H,9-10,15H2,1-2H3,(H,34,35)/t28-,29+/m0/s1. The molecule has 2 amide bonds. The Kier molecular flexibility index (Phi) is 5.33. The summed E-state index contributed by atoms with van der Waals surface area (Å²) in [5, 5.41) is 10.4. The van der Waals surface area contributed by atoms with Crippen molar-refractivity contribution in [2.75, 3.05) is 23.0 Å². The van der Waals surface area contributed by atoms with Crippen molar-refractivity contribution < 1.29 is 28.6 Å². The number of fused-ring (bicyclic) bond motifs is 2. The lowest BCUT2D eigenvalue weighted by Crippen LogP contribution is -2.36. The van der Waals surface area contributed by atoms with Crippen molar-refractivity contribution in [3.63, 3.8) is 0 Å². The minimum absolute atomic E-state index is 0.0176. The van der Waals surface area contributed by atoms with E-state index >= 15 is 0 Å². The van der Waals surface area contributed by atoms with Crippen LogP contribution in [0.2, 0.25) is 5.02 Å². The number of anilines is 3. The van der Waals surface area contributed by atoms with Gasteiger partial charge in [-0.25, -0.2) is 14.0 Å². The van der Waals surface area contributed by atoms with Crippen LogP contribution in [-0.2, 0) is 20.4 Å². The zero-order valence-corrected chi connectivity index (χ0v) is 21.5. The number of carboxylic acids is 1. The van der Waals surface area contributed by atoms with Crippen LogP contribution in [0.4, 0.5) is 26.2 Å². The Morgan fingerprint density at radius 1 is 1.05 bits per heavy atom. The normalized spacial score (nSPS) is 23.8. The highest BCUT2D eigenvalue weighted by Gasteiger charge is 2.78. The fourth-order valence-corrected chi connectivity index (χ4v) is 6.58. The lowest BCUT2D eigenvalue weighted by molar-refractivity contribution is -0.120. The molecule has 9 heteroatoms. The van der Waals surface area contributed by atoms with Gasteiger partial charge in [0.25, 0.3) is 0 Å². The van der Waals surface area contributed by atoms with Crippen LogP contribution in [0.15, 0.2) is 60.7 Å². The van der Waals surface area contributed by atoms with E-state index in [0.717, 1.165) is 5.56 Å². The fraction of sp³-hybridized carbons (Fsp3) is 0.276. The number of hydrogen-bond donors (Lipinski definition) is 1. The van der Waals surface area contributed by atoms with E-state index in [1.807, 2.05) is 26.0 Å². The van der Waals surface area contributed by atoms with Gasteiger partial charge in [-0.15, -0.1) is 0 Å². The highest BCUT2D eigenvalue weighted by atomic mass is 35.5. The molecule has 1 spiro atoms. The number of amides is 2. The maximum Gasteiger partial charge on any atom is 0.414 e. The molecule has 38 heavy (non-hydrogen) atoms. The molecule has 1 saturated carbocycles. The first-order valence-electron chi connectivity index (χ1n) is 12.3. The first-order chi connectivity index (χ1) is 18.1. The van der Waals surface area contributed by atoms with Gasteiger partial charge in [-0.2, -0.15) is 0 Å². The molecule has 0 bridgehead atoms. The molecule has 7 nitrogen and oxygen atoms in total. The summed E-state index contributed by atoms with van der Waals surface area (Å²) < 4.78 is 19.7. The lowest BCUT2D eigenvalue weighted by atomic mass is 9.75. The predicted octanol–water partition coefficient (Wildman–Crippen LogP) is 6.05. The Labute approximate surface area is 223 Å². The number of ether oxygens (including phenoxy) is 1. The van der Waals surface area contributed by atoms with Gasteiger partial charge in [0.05, 0.1) is 34.6 Å². The van der Waals surface area contributed by atoms with E-state index in [2.05, 4.69) is 0 Å². The Morgan fingerprint density at radius 3 is 2.39 bits per heavy atom. The van der Waals surface area contributed by atoms with Crippen molar-refractivity contribution in [1.82, 2.24) is 0 Å². The predicted molar refractivity (Wildman–Crippen MR) is 140 cm³/mol. The van der Waals surface area contributed by atoms with E-state index < -0.39 is 28.7 Å². The first kappa shape index (κ1) is 24.4. The van der Waals surface area contributed by atoms with Gasteiger partial charge >= 0.3 is 12.1 Å². The van der Waals surface area contributed by atoms with Gasteiger partial charge in [-0.1, -0.05) is 37.6 Å². The number of nitrogens with zero attached hydrogens (tertiary/aromatic N) is 2. The Balaban J connectivity index is 1.55. The molecular formula is C29H24ClFN2O5. The minimum Gasteiger partial charge on any atom is -0.478 e.